The maximum absolute atomic E-state index is 12.4. The zero-order valence-corrected chi connectivity index (χ0v) is 12.4. The molecule has 0 aliphatic heterocycles. The standard InChI is InChI=1S/C16H17NO3S/c18-11-12-4-7-15(8-5-12)17-21(19,20)16-9-6-13-2-1-3-14(13)10-16/h4-10,17-18H,1-3,11H2. The molecule has 0 spiro atoms. The van der Waals surface area contributed by atoms with Crippen LogP contribution in [0.4, 0.5) is 5.69 Å². The molecule has 2 aromatic rings. The van der Waals surface area contributed by atoms with Crippen molar-refractivity contribution in [2.24, 2.45) is 0 Å². The van der Waals surface area contributed by atoms with Gasteiger partial charge in [0.25, 0.3) is 10.0 Å². The number of sulfonamides is 1. The van der Waals surface area contributed by atoms with Crippen molar-refractivity contribution in [1.82, 2.24) is 0 Å². The maximum Gasteiger partial charge on any atom is 0.261 e. The number of nitrogens with one attached hydrogen (secondary N) is 1. The van der Waals surface area contributed by atoms with Crippen LogP contribution in [-0.2, 0) is 29.5 Å². The van der Waals surface area contributed by atoms with Gasteiger partial charge < -0.3 is 5.11 Å². The SMILES string of the molecule is O=S(=O)(Nc1ccc(CO)cc1)c1ccc2c(c1)CCC2. The quantitative estimate of drug-likeness (QED) is 0.912. The summed E-state index contributed by atoms with van der Waals surface area (Å²) in [6.07, 6.45) is 3.07. The molecule has 21 heavy (non-hydrogen) atoms. The van der Waals surface area contributed by atoms with Gasteiger partial charge in [-0.15, -0.1) is 0 Å². The van der Waals surface area contributed by atoms with Crippen LogP contribution in [0.15, 0.2) is 47.4 Å². The summed E-state index contributed by atoms with van der Waals surface area (Å²) in [4.78, 5) is 0.300. The molecule has 0 bridgehead atoms. The monoisotopic (exact) mass is 303 g/mol. The molecule has 1 aliphatic rings. The van der Waals surface area contributed by atoms with Gasteiger partial charge in [0.1, 0.15) is 0 Å². The Hall–Kier alpha value is -1.85. The van der Waals surface area contributed by atoms with Crippen LogP contribution in [0.1, 0.15) is 23.1 Å². The lowest BCUT2D eigenvalue weighted by Crippen LogP contribution is -2.13. The van der Waals surface area contributed by atoms with Crippen LogP contribution in [0.25, 0.3) is 0 Å². The van der Waals surface area contributed by atoms with Crippen molar-refractivity contribution in [1.29, 1.82) is 0 Å². The number of aliphatic hydroxyl groups is 1. The minimum atomic E-state index is -3.57. The van der Waals surface area contributed by atoms with Gasteiger partial charge in [-0.05, 0) is 60.2 Å². The van der Waals surface area contributed by atoms with Crippen molar-refractivity contribution < 1.29 is 13.5 Å². The van der Waals surface area contributed by atoms with Gasteiger partial charge in [-0.25, -0.2) is 8.42 Å². The molecule has 2 aromatic carbocycles. The van der Waals surface area contributed by atoms with Crippen molar-refractivity contribution in [3.63, 3.8) is 0 Å². The van der Waals surface area contributed by atoms with E-state index < -0.39 is 10.0 Å². The average molecular weight is 303 g/mol. The number of aliphatic hydroxyl groups excluding tert-OH is 1. The summed E-state index contributed by atoms with van der Waals surface area (Å²) in [6.45, 7) is -0.0577. The fourth-order valence-electron chi connectivity index (χ4n) is 2.61. The molecule has 0 fully saturated rings. The van der Waals surface area contributed by atoms with Gasteiger partial charge in [0.05, 0.1) is 11.5 Å². The number of benzene rings is 2. The van der Waals surface area contributed by atoms with Gasteiger partial charge in [-0.1, -0.05) is 18.2 Å². The van der Waals surface area contributed by atoms with E-state index in [9.17, 15) is 8.42 Å². The third-order valence-electron chi connectivity index (χ3n) is 3.77. The second-order valence-electron chi connectivity index (χ2n) is 5.24. The first-order valence-electron chi connectivity index (χ1n) is 6.93. The number of aryl methyl sites for hydroxylation is 2. The lowest BCUT2D eigenvalue weighted by molar-refractivity contribution is 0.282. The lowest BCUT2D eigenvalue weighted by atomic mass is 10.1. The van der Waals surface area contributed by atoms with E-state index in [0.717, 1.165) is 30.4 Å². The van der Waals surface area contributed by atoms with Crippen molar-refractivity contribution in [3.8, 4) is 0 Å². The highest BCUT2D eigenvalue weighted by Gasteiger charge is 2.18. The fraction of sp³-hybridized carbons (Fsp3) is 0.250. The van der Waals surface area contributed by atoms with Crippen molar-refractivity contribution >= 4 is 15.7 Å². The predicted octanol–water partition coefficient (Wildman–Crippen LogP) is 2.47. The Balaban J connectivity index is 1.86. The summed E-state index contributed by atoms with van der Waals surface area (Å²) in [7, 11) is -3.57. The minimum Gasteiger partial charge on any atom is -0.392 e. The number of hydrogen-bond acceptors (Lipinski definition) is 3. The molecule has 110 valence electrons. The van der Waals surface area contributed by atoms with Crippen molar-refractivity contribution in [3.05, 3.63) is 59.2 Å². The zero-order valence-electron chi connectivity index (χ0n) is 11.5. The Labute approximate surface area is 124 Å². The molecule has 0 atom stereocenters. The predicted molar refractivity (Wildman–Crippen MR) is 81.6 cm³/mol. The summed E-state index contributed by atoms with van der Waals surface area (Å²) < 4.78 is 27.4. The van der Waals surface area contributed by atoms with Crippen molar-refractivity contribution in [2.45, 2.75) is 30.8 Å². The Kier molecular flexibility index (Phi) is 3.69. The van der Waals surface area contributed by atoms with Crippen LogP contribution < -0.4 is 4.72 Å². The molecule has 0 radical (unpaired) electrons. The summed E-state index contributed by atoms with van der Waals surface area (Å²) in [5.74, 6) is 0. The molecule has 0 unspecified atom stereocenters. The highest BCUT2D eigenvalue weighted by Crippen LogP contribution is 2.25. The zero-order chi connectivity index (χ0) is 14.9. The Morgan fingerprint density at radius 2 is 1.71 bits per heavy atom. The van der Waals surface area contributed by atoms with Gasteiger partial charge in [-0.2, -0.15) is 0 Å². The van der Waals surface area contributed by atoms with Crippen LogP contribution in [-0.4, -0.2) is 13.5 Å². The Morgan fingerprint density at radius 3 is 2.43 bits per heavy atom. The molecular weight excluding hydrogens is 286 g/mol. The minimum absolute atomic E-state index is 0.0577. The smallest absolute Gasteiger partial charge is 0.261 e. The van der Waals surface area contributed by atoms with Crippen LogP contribution >= 0.6 is 0 Å². The van der Waals surface area contributed by atoms with E-state index in [1.165, 1.54) is 5.56 Å². The number of rotatable bonds is 4. The van der Waals surface area contributed by atoms with Gasteiger partial charge >= 0.3 is 0 Å². The number of anilines is 1. The second kappa shape index (κ2) is 5.50. The average Bonchev–Trinajstić information content (AvgIpc) is 2.95. The van der Waals surface area contributed by atoms with E-state index >= 15 is 0 Å². The first-order valence-corrected chi connectivity index (χ1v) is 8.41. The molecule has 0 heterocycles. The summed E-state index contributed by atoms with van der Waals surface area (Å²) in [5, 5.41) is 8.99. The molecule has 2 N–H and O–H groups in total. The van der Waals surface area contributed by atoms with Crippen molar-refractivity contribution in [2.75, 3.05) is 4.72 Å². The summed E-state index contributed by atoms with van der Waals surface area (Å²) in [5.41, 5.74) is 3.62. The van der Waals surface area contributed by atoms with Gasteiger partial charge in [0, 0.05) is 5.69 Å². The first kappa shape index (κ1) is 14.1. The van der Waals surface area contributed by atoms with E-state index in [1.54, 1.807) is 36.4 Å². The summed E-state index contributed by atoms with van der Waals surface area (Å²) in [6, 6.07) is 12.0. The van der Waals surface area contributed by atoms with E-state index in [1.807, 2.05) is 6.07 Å². The fourth-order valence-corrected chi connectivity index (χ4v) is 3.72. The lowest BCUT2D eigenvalue weighted by Gasteiger charge is -2.10. The van der Waals surface area contributed by atoms with Crippen LogP contribution in [0, 0.1) is 0 Å². The van der Waals surface area contributed by atoms with E-state index in [2.05, 4.69) is 4.72 Å². The highest BCUT2D eigenvalue weighted by molar-refractivity contribution is 7.92. The van der Waals surface area contributed by atoms with Gasteiger partial charge in [0.15, 0.2) is 0 Å². The Morgan fingerprint density at radius 1 is 1.00 bits per heavy atom. The molecular formula is C16H17NO3S. The molecule has 4 nitrogen and oxygen atoms in total. The molecule has 0 saturated heterocycles. The molecule has 0 amide bonds. The molecule has 0 saturated carbocycles. The van der Waals surface area contributed by atoms with Gasteiger partial charge in [-0.3, -0.25) is 4.72 Å². The van der Waals surface area contributed by atoms with E-state index in [-0.39, 0.29) is 6.61 Å². The maximum atomic E-state index is 12.4. The number of hydrogen-bond donors (Lipinski definition) is 2. The summed E-state index contributed by atoms with van der Waals surface area (Å²) >= 11 is 0. The Bertz CT molecular complexity index is 752. The highest BCUT2D eigenvalue weighted by atomic mass is 32.2. The molecule has 5 heteroatoms. The molecule has 3 rings (SSSR count). The third-order valence-corrected chi connectivity index (χ3v) is 5.15. The molecule has 0 aromatic heterocycles. The van der Waals surface area contributed by atoms with Crippen LogP contribution in [0.5, 0.6) is 0 Å². The largest absolute Gasteiger partial charge is 0.392 e. The first-order chi connectivity index (χ1) is 10.1. The number of fused-ring (bicyclic) bond motifs is 1. The topological polar surface area (TPSA) is 66.4 Å². The van der Waals surface area contributed by atoms with Crippen LogP contribution in [0.2, 0.25) is 0 Å². The normalized spacial score (nSPS) is 14.0. The van der Waals surface area contributed by atoms with Gasteiger partial charge in [0.2, 0.25) is 0 Å². The third kappa shape index (κ3) is 2.94. The van der Waals surface area contributed by atoms with E-state index in [0.29, 0.717) is 10.6 Å². The second-order valence-corrected chi connectivity index (χ2v) is 6.93. The van der Waals surface area contributed by atoms with E-state index in [4.69, 9.17) is 5.11 Å². The van der Waals surface area contributed by atoms with Crippen LogP contribution in [0.3, 0.4) is 0 Å². The molecule has 1 aliphatic carbocycles.